The maximum absolute atomic E-state index is 11.7. The molecule has 2 N–H and O–H groups in total. The molecular weight excluding hydrogens is 222 g/mol. The first kappa shape index (κ1) is 16.4. The van der Waals surface area contributed by atoms with Gasteiger partial charge in [-0.3, -0.25) is 4.79 Å². The Hall–Kier alpha value is -0.650. The molecule has 5 nitrogen and oxygen atoms in total. The molecule has 0 bridgehead atoms. The van der Waals surface area contributed by atoms with E-state index in [1.54, 1.807) is 7.11 Å². The molecule has 0 heterocycles. The lowest BCUT2D eigenvalue weighted by Gasteiger charge is -2.23. The van der Waals surface area contributed by atoms with E-state index in [0.29, 0.717) is 45.8 Å². The number of carbonyl (C=O) groups excluding carboxylic acids is 1. The molecular formula is C12H25NO4. The van der Waals surface area contributed by atoms with Crippen molar-refractivity contribution in [3.05, 3.63) is 0 Å². The Kier molecular flexibility index (Phi) is 9.03. The van der Waals surface area contributed by atoms with Gasteiger partial charge in [-0.2, -0.15) is 0 Å². The summed E-state index contributed by atoms with van der Waals surface area (Å²) < 4.78 is 15.3. The topological polar surface area (TPSA) is 70.8 Å². The van der Waals surface area contributed by atoms with Gasteiger partial charge in [0.05, 0.1) is 25.2 Å². The average Bonchev–Trinajstić information content (AvgIpc) is 2.36. The molecule has 0 spiro atoms. The van der Waals surface area contributed by atoms with Crippen molar-refractivity contribution in [2.45, 2.75) is 26.7 Å². The summed E-state index contributed by atoms with van der Waals surface area (Å²) in [5.74, 6) is -0.223. The van der Waals surface area contributed by atoms with E-state index in [-0.39, 0.29) is 5.97 Å². The lowest BCUT2D eigenvalue weighted by Crippen LogP contribution is -2.36. The third kappa shape index (κ3) is 6.61. The van der Waals surface area contributed by atoms with Crippen LogP contribution in [0.5, 0.6) is 0 Å². The highest BCUT2D eigenvalue weighted by Crippen LogP contribution is 2.20. The minimum atomic E-state index is -0.559. The molecule has 0 aromatic carbocycles. The summed E-state index contributed by atoms with van der Waals surface area (Å²) in [6.45, 7) is 6.17. The third-order valence-electron chi connectivity index (χ3n) is 2.82. The van der Waals surface area contributed by atoms with Gasteiger partial charge in [-0.25, -0.2) is 0 Å². The van der Waals surface area contributed by atoms with E-state index in [1.807, 2.05) is 13.8 Å². The first-order valence-electron chi connectivity index (χ1n) is 6.04. The maximum atomic E-state index is 11.7. The van der Waals surface area contributed by atoms with E-state index in [9.17, 15) is 4.79 Å². The highest BCUT2D eigenvalue weighted by atomic mass is 16.5. The van der Waals surface area contributed by atoms with Gasteiger partial charge in [0, 0.05) is 26.7 Å². The van der Waals surface area contributed by atoms with Crippen molar-refractivity contribution < 1.29 is 19.0 Å². The van der Waals surface area contributed by atoms with Crippen LogP contribution in [-0.4, -0.2) is 46.1 Å². The highest BCUT2D eigenvalue weighted by molar-refractivity contribution is 5.76. The molecule has 0 aliphatic heterocycles. The zero-order valence-corrected chi connectivity index (χ0v) is 11.2. The van der Waals surface area contributed by atoms with Crippen molar-refractivity contribution in [1.82, 2.24) is 0 Å². The molecule has 5 heteroatoms. The van der Waals surface area contributed by atoms with Crippen LogP contribution in [0.15, 0.2) is 0 Å². The van der Waals surface area contributed by atoms with Gasteiger partial charge >= 0.3 is 5.97 Å². The van der Waals surface area contributed by atoms with Crippen LogP contribution in [-0.2, 0) is 19.0 Å². The number of hydrogen-bond acceptors (Lipinski definition) is 5. The summed E-state index contributed by atoms with van der Waals surface area (Å²) in [4.78, 5) is 11.7. The Balaban J connectivity index is 3.57. The molecule has 0 aliphatic carbocycles. The summed E-state index contributed by atoms with van der Waals surface area (Å²) >= 11 is 0. The van der Waals surface area contributed by atoms with Crippen molar-refractivity contribution >= 4 is 5.97 Å². The smallest absolute Gasteiger partial charge is 0.313 e. The zero-order valence-electron chi connectivity index (χ0n) is 11.2. The van der Waals surface area contributed by atoms with Crippen LogP contribution in [0.25, 0.3) is 0 Å². The predicted octanol–water partition coefficient (Wildman–Crippen LogP) is 0.958. The zero-order chi connectivity index (χ0) is 13.1. The van der Waals surface area contributed by atoms with Crippen LogP contribution in [0.3, 0.4) is 0 Å². The van der Waals surface area contributed by atoms with Gasteiger partial charge in [0.15, 0.2) is 0 Å². The second kappa shape index (κ2) is 9.39. The number of nitrogens with two attached hydrogens (primary N) is 1. The van der Waals surface area contributed by atoms with E-state index < -0.39 is 5.41 Å². The molecule has 0 rings (SSSR count). The van der Waals surface area contributed by atoms with E-state index in [0.717, 1.165) is 0 Å². The highest BCUT2D eigenvalue weighted by Gasteiger charge is 2.31. The predicted molar refractivity (Wildman–Crippen MR) is 65.7 cm³/mol. The quantitative estimate of drug-likeness (QED) is 0.460. The fourth-order valence-corrected chi connectivity index (χ4v) is 1.12. The Morgan fingerprint density at radius 2 is 1.94 bits per heavy atom. The second-order valence-corrected chi connectivity index (χ2v) is 4.21. The summed E-state index contributed by atoms with van der Waals surface area (Å²) in [6, 6.07) is 0. The molecule has 0 radical (unpaired) electrons. The molecule has 0 amide bonds. The molecule has 0 aliphatic rings. The molecule has 0 fully saturated rings. The fraction of sp³-hybridized carbons (Fsp3) is 0.917. The van der Waals surface area contributed by atoms with Gasteiger partial charge in [0.2, 0.25) is 0 Å². The van der Waals surface area contributed by atoms with Crippen LogP contribution >= 0.6 is 0 Å². The van der Waals surface area contributed by atoms with Gasteiger partial charge in [-0.1, -0.05) is 6.92 Å². The molecule has 1 atom stereocenters. The van der Waals surface area contributed by atoms with Crippen molar-refractivity contribution in [2.75, 3.05) is 40.1 Å². The van der Waals surface area contributed by atoms with Crippen LogP contribution < -0.4 is 5.73 Å². The summed E-state index contributed by atoms with van der Waals surface area (Å²) in [7, 11) is 1.63. The molecule has 0 aromatic rings. The maximum Gasteiger partial charge on any atom is 0.313 e. The molecule has 1 unspecified atom stereocenters. The first-order chi connectivity index (χ1) is 8.10. The van der Waals surface area contributed by atoms with E-state index in [1.165, 1.54) is 0 Å². The Bertz CT molecular complexity index is 205. The third-order valence-corrected chi connectivity index (χ3v) is 2.82. The number of ether oxygens (including phenoxy) is 3. The summed E-state index contributed by atoms with van der Waals surface area (Å²) in [6.07, 6.45) is 1.38. The van der Waals surface area contributed by atoms with Crippen molar-refractivity contribution in [3.63, 3.8) is 0 Å². The minimum Gasteiger partial charge on any atom is -0.465 e. The van der Waals surface area contributed by atoms with Gasteiger partial charge < -0.3 is 19.9 Å². The lowest BCUT2D eigenvalue weighted by molar-refractivity contribution is -0.155. The van der Waals surface area contributed by atoms with Gasteiger partial charge in [0.1, 0.15) is 0 Å². The van der Waals surface area contributed by atoms with Gasteiger partial charge in [-0.15, -0.1) is 0 Å². The average molecular weight is 247 g/mol. The Morgan fingerprint density at radius 3 is 2.47 bits per heavy atom. The number of esters is 1. The monoisotopic (exact) mass is 247 g/mol. The number of hydrogen-bond donors (Lipinski definition) is 1. The second-order valence-electron chi connectivity index (χ2n) is 4.21. The number of rotatable bonds is 10. The van der Waals surface area contributed by atoms with Gasteiger partial charge in [-0.05, 0) is 13.3 Å². The van der Waals surface area contributed by atoms with Crippen LogP contribution in [0.1, 0.15) is 26.7 Å². The molecule has 102 valence electrons. The normalized spacial score (nSPS) is 14.4. The number of carbonyl (C=O) groups is 1. The lowest BCUT2D eigenvalue weighted by atomic mass is 9.88. The molecule has 0 saturated heterocycles. The largest absolute Gasteiger partial charge is 0.465 e. The standard InChI is InChI=1S/C12H25NO4/c1-4-12(2,10-13)11(14)17-7-5-6-16-9-8-15-3/h4-10,13H2,1-3H3. The van der Waals surface area contributed by atoms with Crippen LogP contribution in [0, 0.1) is 5.41 Å². The van der Waals surface area contributed by atoms with Crippen LogP contribution in [0.4, 0.5) is 0 Å². The van der Waals surface area contributed by atoms with E-state index in [2.05, 4.69) is 0 Å². The molecule has 0 saturated carbocycles. The van der Waals surface area contributed by atoms with Crippen molar-refractivity contribution in [3.8, 4) is 0 Å². The van der Waals surface area contributed by atoms with Gasteiger partial charge in [0.25, 0.3) is 0 Å². The van der Waals surface area contributed by atoms with E-state index in [4.69, 9.17) is 19.9 Å². The SMILES string of the molecule is CCC(C)(CN)C(=O)OCCCOCCOC. The van der Waals surface area contributed by atoms with Crippen molar-refractivity contribution in [1.29, 1.82) is 0 Å². The minimum absolute atomic E-state index is 0.223. The molecule has 17 heavy (non-hydrogen) atoms. The first-order valence-corrected chi connectivity index (χ1v) is 6.04. The van der Waals surface area contributed by atoms with E-state index >= 15 is 0 Å². The fourth-order valence-electron chi connectivity index (χ4n) is 1.12. The summed E-state index contributed by atoms with van der Waals surface area (Å²) in [5, 5.41) is 0. The van der Waals surface area contributed by atoms with Crippen molar-refractivity contribution in [2.24, 2.45) is 11.1 Å². The number of methoxy groups -OCH3 is 1. The summed E-state index contributed by atoms with van der Waals surface area (Å²) in [5.41, 5.74) is 5.01. The van der Waals surface area contributed by atoms with Crippen LogP contribution in [0.2, 0.25) is 0 Å². The Labute approximate surface area is 104 Å². The molecule has 0 aromatic heterocycles. The Morgan fingerprint density at radius 1 is 1.24 bits per heavy atom.